The molecule has 2 aliphatic rings. The number of fused-ring (bicyclic) bond motifs is 1. The zero-order valence-electron chi connectivity index (χ0n) is 13.2. The molecule has 110 valence electrons. The van der Waals surface area contributed by atoms with Gasteiger partial charge in [0.25, 0.3) is 0 Å². The van der Waals surface area contributed by atoms with Gasteiger partial charge in [0, 0.05) is 19.0 Å². The van der Waals surface area contributed by atoms with E-state index in [0.29, 0.717) is 6.04 Å². The second-order valence-corrected chi connectivity index (χ2v) is 7.38. The summed E-state index contributed by atoms with van der Waals surface area (Å²) in [6.45, 7) is 10.1. The topological polar surface area (TPSA) is 21.3 Å². The molecular weight excluding hydrogens is 246 g/mol. The summed E-state index contributed by atoms with van der Waals surface area (Å²) in [4.78, 5) is 0. The molecule has 1 aliphatic carbocycles. The van der Waals surface area contributed by atoms with Crippen molar-refractivity contribution in [3.8, 4) is 5.75 Å². The molecule has 1 N–H and O–H groups in total. The van der Waals surface area contributed by atoms with Crippen molar-refractivity contribution in [3.63, 3.8) is 0 Å². The molecule has 0 radical (unpaired) electrons. The molecule has 3 atom stereocenters. The molecule has 2 nitrogen and oxygen atoms in total. The highest BCUT2D eigenvalue weighted by Gasteiger charge is 2.31. The highest BCUT2D eigenvalue weighted by molar-refractivity contribution is 5.41. The van der Waals surface area contributed by atoms with Crippen LogP contribution in [0.25, 0.3) is 0 Å². The molecule has 2 heteroatoms. The molecule has 20 heavy (non-hydrogen) atoms. The van der Waals surface area contributed by atoms with Crippen LogP contribution in [-0.4, -0.2) is 11.6 Å². The van der Waals surface area contributed by atoms with E-state index in [0.717, 1.165) is 30.6 Å². The molecular formula is C18H27NO. The van der Waals surface area contributed by atoms with Crippen LogP contribution in [0, 0.1) is 11.8 Å². The van der Waals surface area contributed by atoms with Gasteiger partial charge in [-0.1, -0.05) is 26.0 Å². The molecule has 3 rings (SSSR count). The highest BCUT2D eigenvalue weighted by Crippen LogP contribution is 2.35. The third kappa shape index (κ3) is 2.71. The number of rotatable bonds is 3. The van der Waals surface area contributed by atoms with Gasteiger partial charge >= 0.3 is 0 Å². The molecule has 0 bridgehead atoms. The minimum absolute atomic E-state index is 0.0379. The molecule has 1 aromatic carbocycles. The molecule has 0 saturated heterocycles. The smallest absolute Gasteiger partial charge is 0.123 e. The minimum atomic E-state index is -0.0379. The van der Waals surface area contributed by atoms with Crippen molar-refractivity contribution >= 4 is 0 Å². The fourth-order valence-corrected chi connectivity index (χ4v) is 3.67. The van der Waals surface area contributed by atoms with Crippen molar-refractivity contribution in [2.24, 2.45) is 11.8 Å². The monoisotopic (exact) mass is 273 g/mol. The van der Waals surface area contributed by atoms with E-state index in [4.69, 9.17) is 4.74 Å². The lowest BCUT2D eigenvalue weighted by Gasteiger charge is -2.19. The molecule has 0 spiro atoms. The number of benzene rings is 1. The van der Waals surface area contributed by atoms with Gasteiger partial charge in [0.1, 0.15) is 11.4 Å². The summed E-state index contributed by atoms with van der Waals surface area (Å²) in [6, 6.07) is 7.35. The quantitative estimate of drug-likeness (QED) is 0.901. The predicted molar refractivity (Wildman–Crippen MR) is 83.0 cm³/mol. The maximum atomic E-state index is 5.94. The van der Waals surface area contributed by atoms with Gasteiger partial charge in [-0.3, -0.25) is 0 Å². The van der Waals surface area contributed by atoms with Gasteiger partial charge in [0.15, 0.2) is 0 Å². The van der Waals surface area contributed by atoms with Crippen LogP contribution in [0.5, 0.6) is 5.75 Å². The van der Waals surface area contributed by atoms with E-state index >= 15 is 0 Å². The van der Waals surface area contributed by atoms with Crippen molar-refractivity contribution in [1.82, 2.24) is 5.32 Å². The van der Waals surface area contributed by atoms with E-state index in [1.807, 2.05) is 0 Å². The van der Waals surface area contributed by atoms with E-state index in [1.54, 1.807) is 0 Å². The minimum Gasteiger partial charge on any atom is -0.487 e. The third-order valence-electron chi connectivity index (χ3n) is 5.16. The van der Waals surface area contributed by atoms with Gasteiger partial charge in [0.2, 0.25) is 0 Å². The van der Waals surface area contributed by atoms with E-state index < -0.39 is 0 Å². The SMILES string of the molecule is CC1CCC(NCc2ccc3c(c2)CC(C)(C)O3)C1C. The lowest BCUT2D eigenvalue weighted by Crippen LogP contribution is -2.31. The van der Waals surface area contributed by atoms with E-state index in [2.05, 4.69) is 51.2 Å². The molecule has 1 fully saturated rings. The van der Waals surface area contributed by atoms with Crippen molar-refractivity contribution in [2.45, 2.75) is 65.1 Å². The van der Waals surface area contributed by atoms with Gasteiger partial charge in [-0.2, -0.15) is 0 Å². The van der Waals surface area contributed by atoms with Crippen molar-refractivity contribution < 1.29 is 4.74 Å². The number of ether oxygens (including phenoxy) is 1. The lowest BCUT2D eigenvalue weighted by molar-refractivity contribution is 0.138. The van der Waals surface area contributed by atoms with Gasteiger partial charge in [-0.15, -0.1) is 0 Å². The Morgan fingerprint density at radius 1 is 1.25 bits per heavy atom. The summed E-state index contributed by atoms with van der Waals surface area (Å²) >= 11 is 0. The Morgan fingerprint density at radius 2 is 2.05 bits per heavy atom. The van der Waals surface area contributed by atoms with E-state index in [1.165, 1.54) is 24.0 Å². The maximum Gasteiger partial charge on any atom is 0.123 e. The highest BCUT2D eigenvalue weighted by atomic mass is 16.5. The van der Waals surface area contributed by atoms with Crippen LogP contribution in [-0.2, 0) is 13.0 Å². The fourth-order valence-electron chi connectivity index (χ4n) is 3.67. The van der Waals surface area contributed by atoms with Crippen LogP contribution >= 0.6 is 0 Å². The first kappa shape index (κ1) is 13.9. The molecule has 1 aliphatic heterocycles. The van der Waals surface area contributed by atoms with E-state index in [9.17, 15) is 0 Å². The molecule has 1 aromatic rings. The first-order chi connectivity index (χ1) is 9.44. The summed E-state index contributed by atoms with van der Waals surface area (Å²) in [7, 11) is 0. The fraction of sp³-hybridized carbons (Fsp3) is 0.667. The summed E-state index contributed by atoms with van der Waals surface area (Å²) < 4.78 is 5.94. The van der Waals surface area contributed by atoms with E-state index in [-0.39, 0.29) is 5.60 Å². The number of hydrogen-bond acceptors (Lipinski definition) is 2. The Labute approximate surface area is 122 Å². The maximum absolute atomic E-state index is 5.94. The van der Waals surface area contributed by atoms with Crippen LogP contribution in [0.4, 0.5) is 0 Å². The van der Waals surface area contributed by atoms with Crippen molar-refractivity contribution in [1.29, 1.82) is 0 Å². The normalized spacial score (nSPS) is 31.1. The number of hydrogen-bond donors (Lipinski definition) is 1. The Balaban J connectivity index is 1.63. The summed E-state index contributed by atoms with van der Waals surface area (Å²) in [6.07, 6.45) is 3.71. The number of nitrogens with one attached hydrogen (secondary N) is 1. The lowest BCUT2D eigenvalue weighted by atomic mass is 9.97. The second-order valence-electron chi connectivity index (χ2n) is 7.38. The molecule has 0 amide bonds. The Morgan fingerprint density at radius 3 is 2.75 bits per heavy atom. The summed E-state index contributed by atoms with van der Waals surface area (Å²) in [5.74, 6) is 2.73. The third-order valence-corrected chi connectivity index (χ3v) is 5.16. The molecule has 1 saturated carbocycles. The van der Waals surface area contributed by atoms with Gasteiger partial charge < -0.3 is 10.1 Å². The predicted octanol–water partition coefficient (Wildman–Crippen LogP) is 3.92. The Kier molecular flexibility index (Phi) is 3.53. The molecule has 0 aromatic heterocycles. The zero-order valence-corrected chi connectivity index (χ0v) is 13.2. The second kappa shape index (κ2) is 5.07. The van der Waals surface area contributed by atoms with Crippen LogP contribution in [0.15, 0.2) is 18.2 Å². The van der Waals surface area contributed by atoms with Crippen molar-refractivity contribution in [3.05, 3.63) is 29.3 Å². The average molecular weight is 273 g/mol. The Hall–Kier alpha value is -1.02. The van der Waals surface area contributed by atoms with Crippen LogP contribution < -0.4 is 10.1 Å². The summed E-state index contributed by atoms with van der Waals surface area (Å²) in [5, 5.41) is 3.75. The first-order valence-corrected chi connectivity index (χ1v) is 7.99. The average Bonchev–Trinajstić information content (AvgIpc) is 2.86. The molecule has 3 unspecified atom stereocenters. The zero-order chi connectivity index (χ0) is 14.3. The van der Waals surface area contributed by atoms with Gasteiger partial charge in [-0.25, -0.2) is 0 Å². The van der Waals surface area contributed by atoms with Crippen molar-refractivity contribution in [2.75, 3.05) is 0 Å². The van der Waals surface area contributed by atoms with Crippen LogP contribution in [0.3, 0.4) is 0 Å². The van der Waals surface area contributed by atoms with Gasteiger partial charge in [-0.05, 0) is 55.7 Å². The first-order valence-electron chi connectivity index (χ1n) is 7.99. The van der Waals surface area contributed by atoms with Crippen LogP contribution in [0.2, 0.25) is 0 Å². The standard InChI is InChI=1S/C18H27NO/c1-12-5-7-16(13(12)2)19-11-14-6-8-17-15(9-14)10-18(3,4)20-17/h6,8-9,12-13,16,19H,5,7,10-11H2,1-4H3. The largest absolute Gasteiger partial charge is 0.487 e. The molecule has 1 heterocycles. The van der Waals surface area contributed by atoms with Gasteiger partial charge in [0.05, 0.1) is 0 Å². The Bertz CT molecular complexity index is 494. The van der Waals surface area contributed by atoms with Crippen LogP contribution in [0.1, 0.15) is 51.7 Å². The summed E-state index contributed by atoms with van der Waals surface area (Å²) in [5.41, 5.74) is 2.71.